The lowest BCUT2D eigenvalue weighted by molar-refractivity contribution is 0.102. The molecule has 1 aliphatic rings. The zero-order chi connectivity index (χ0) is 18.4. The van der Waals surface area contributed by atoms with E-state index in [0.29, 0.717) is 54.3 Å². The summed E-state index contributed by atoms with van der Waals surface area (Å²) in [6.45, 7) is 1.49. The van der Waals surface area contributed by atoms with E-state index >= 15 is 0 Å². The Hall–Kier alpha value is -2.09. The lowest BCUT2D eigenvalue weighted by Gasteiger charge is -2.11. The first-order chi connectivity index (χ1) is 12.4. The Labute approximate surface area is 163 Å². The second-order valence-electron chi connectivity index (χ2n) is 6.15. The maximum Gasteiger partial charge on any atom is 0.226 e. The quantitative estimate of drug-likeness (QED) is 0.509. The van der Waals surface area contributed by atoms with Crippen LogP contribution < -0.4 is 16.4 Å². The minimum atomic E-state index is -0.0947. The summed E-state index contributed by atoms with van der Waals surface area (Å²) in [4.78, 5) is 22.1. The predicted octanol–water partition coefficient (Wildman–Crippen LogP) is 5.10. The van der Waals surface area contributed by atoms with Crippen molar-refractivity contribution in [3.05, 3.63) is 33.1 Å². The molecular weight excluding hydrogens is 393 g/mol. The van der Waals surface area contributed by atoms with Crippen molar-refractivity contribution >= 4 is 73.7 Å². The minimum Gasteiger partial charge on any atom is -0.397 e. The van der Waals surface area contributed by atoms with Crippen molar-refractivity contribution in [3.8, 4) is 0 Å². The molecule has 1 aromatic carbocycles. The molecule has 2 heterocycles. The van der Waals surface area contributed by atoms with E-state index in [1.807, 2.05) is 0 Å². The van der Waals surface area contributed by atoms with Crippen molar-refractivity contribution in [1.82, 2.24) is 9.97 Å². The summed E-state index contributed by atoms with van der Waals surface area (Å²) >= 11 is 13.4. The molecule has 2 aromatic heterocycles. The van der Waals surface area contributed by atoms with E-state index < -0.39 is 0 Å². The lowest BCUT2D eigenvalue weighted by atomic mass is 10.2. The summed E-state index contributed by atoms with van der Waals surface area (Å²) in [5, 5.41) is 8.04. The van der Waals surface area contributed by atoms with E-state index in [1.165, 1.54) is 18.3 Å². The number of thiophene rings is 1. The van der Waals surface area contributed by atoms with Gasteiger partial charge in [-0.2, -0.15) is 4.98 Å². The number of nitrogens with one attached hydrogen (secondary N) is 2. The maximum atomic E-state index is 11.9. The van der Waals surface area contributed by atoms with Crippen LogP contribution in [0.3, 0.4) is 0 Å². The smallest absolute Gasteiger partial charge is 0.226 e. The second-order valence-corrected chi connectivity index (χ2v) is 7.96. The van der Waals surface area contributed by atoms with Crippen LogP contribution in [0.2, 0.25) is 10.0 Å². The molecule has 4 N–H and O–H groups in total. The number of rotatable bonds is 5. The molecule has 26 heavy (non-hydrogen) atoms. The number of aromatic nitrogens is 2. The maximum absolute atomic E-state index is 11.9. The Morgan fingerprint density at radius 2 is 2.04 bits per heavy atom. The molecule has 0 saturated heterocycles. The molecular formula is C17H15Cl2N5OS. The number of nitrogens with two attached hydrogens (primary N) is 1. The van der Waals surface area contributed by atoms with Gasteiger partial charge in [0.1, 0.15) is 10.6 Å². The Balaban J connectivity index is 1.83. The Kier molecular flexibility index (Phi) is 4.38. The van der Waals surface area contributed by atoms with Gasteiger partial charge in [0.05, 0.1) is 26.0 Å². The molecule has 9 heteroatoms. The fourth-order valence-corrected chi connectivity index (χ4v) is 3.85. The minimum absolute atomic E-state index is 0.0947. The van der Waals surface area contributed by atoms with Crippen molar-refractivity contribution < 1.29 is 4.79 Å². The fraction of sp³-hybridized carbons (Fsp3) is 0.235. The molecule has 0 aliphatic heterocycles. The van der Waals surface area contributed by atoms with Crippen LogP contribution in [0.25, 0.3) is 10.2 Å². The third kappa shape index (κ3) is 3.30. The zero-order valence-corrected chi connectivity index (χ0v) is 16.1. The van der Waals surface area contributed by atoms with Crippen LogP contribution in [0, 0.1) is 0 Å². The first kappa shape index (κ1) is 17.3. The number of benzene rings is 1. The Morgan fingerprint density at radius 1 is 1.27 bits per heavy atom. The number of halogens is 2. The summed E-state index contributed by atoms with van der Waals surface area (Å²) in [5.74, 6) is 0.944. The van der Waals surface area contributed by atoms with Gasteiger partial charge < -0.3 is 16.4 Å². The van der Waals surface area contributed by atoms with Gasteiger partial charge in [0.15, 0.2) is 5.78 Å². The van der Waals surface area contributed by atoms with Crippen molar-refractivity contribution in [2.24, 2.45) is 0 Å². The summed E-state index contributed by atoms with van der Waals surface area (Å²) in [7, 11) is 0. The third-order valence-corrected chi connectivity index (χ3v) is 5.94. The van der Waals surface area contributed by atoms with Gasteiger partial charge in [0.2, 0.25) is 5.95 Å². The number of fused-ring (bicyclic) bond motifs is 1. The average Bonchev–Trinajstić information content (AvgIpc) is 3.32. The number of carbonyl (C=O) groups excluding carboxylic acids is 1. The van der Waals surface area contributed by atoms with Crippen LogP contribution >= 0.6 is 34.5 Å². The second kappa shape index (κ2) is 6.57. The number of anilines is 4. The van der Waals surface area contributed by atoms with E-state index in [0.717, 1.165) is 12.8 Å². The highest BCUT2D eigenvalue weighted by atomic mass is 35.5. The van der Waals surface area contributed by atoms with Gasteiger partial charge in [-0.15, -0.1) is 11.3 Å². The predicted molar refractivity (Wildman–Crippen MR) is 108 cm³/mol. The number of nitrogen functional groups attached to an aromatic ring is 1. The third-order valence-electron chi connectivity index (χ3n) is 4.00. The van der Waals surface area contributed by atoms with Gasteiger partial charge >= 0.3 is 0 Å². The van der Waals surface area contributed by atoms with E-state index in [4.69, 9.17) is 28.9 Å². The highest BCUT2D eigenvalue weighted by Gasteiger charge is 2.24. The molecule has 134 valence electrons. The molecule has 6 nitrogen and oxygen atoms in total. The molecule has 1 aliphatic carbocycles. The van der Waals surface area contributed by atoms with E-state index in [-0.39, 0.29) is 5.78 Å². The van der Waals surface area contributed by atoms with Crippen LogP contribution in [-0.4, -0.2) is 21.8 Å². The first-order valence-electron chi connectivity index (χ1n) is 8.02. The summed E-state index contributed by atoms with van der Waals surface area (Å²) in [6, 6.07) is 5.60. The fourth-order valence-electron chi connectivity index (χ4n) is 2.56. The molecule has 0 amide bonds. The molecule has 4 rings (SSSR count). The zero-order valence-electron chi connectivity index (χ0n) is 13.8. The van der Waals surface area contributed by atoms with Crippen LogP contribution in [0.5, 0.6) is 0 Å². The number of hydrogen-bond donors (Lipinski definition) is 3. The number of Topliss-reactive ketones (excluding diaryl/α,β-unsaturated/α-hetero) is 1. The topological polar surface area (TPSA) is 92.9 Å². The number of carbonyl (C=O) groups is 1. The van der Waals surface area contributed by atoms with Crippen LogP contribution in [0.15, 0.2) is 18.2 Å². The van der Waals surface area contributed by atoms with Crippen LogP contribution in [-0.2, 0) is 0 Å². The van der Waals surface area contributed by atoms with Crippen LogP contribution in [0.4, 0.5) is 23.1 Å². The van der Waals surface area contributed by atoms with E-state index in [1.54, 1.807) is 18.2 Å². The number of nitrogens with zero attached hydrogens (tertiary/aromatic N) is 2. The van der Waals surface area contributed by atoms with Crippen molar-refractivity contribution in [2.75, 3.05) is 16.4 Å². The van der Waals surface area contributed by atoms with Crippen molar-refractivity contribution in [3.63, 3.8) is 0 Å². The molecule has 0 unspecified atom stereocenters. The molecule has 1 fully saturated rings. The highest BCUT2D eigenvalue weighted by Crippen LogP contribution is 2.39. The summed E-state index contributed by atoms with van der Waals surface area (Å²) in [5.41, 5.74) is 7.32. The number of hydrogen-bond acceptors (Lipinski definition) is 7. The monoisotopic (exact) mass is 407 g/mol. The molecule has 0 radical (unpaired) electrons. The molecule has 3 aromatic rings. The van der Waals surface area contributed by atoms with Gasteiger partial charge in [0, 0.05) is 18.7 Å². The average molecular weight is 408 g/mol. The van der Waals surface area contributed by atoms with E-state index in [2.05, 4.69) is 20.6 Å². The molecule has 0 spiro atoms. The normalized spacial score (nSPS) is 13.8. The SMILES string of the molecule is CC(=O)c1sc2nc(NC3CC3)nc(Nc3ccc(Cl)c(Cl)c3)c2c1N. The van der Waals surface area contributed by atoms with Gasteiger partial charge in [-0.25, -0.2) is 4.98 Å². The van der Waals surface area contributed by atoms with Crippen molar-refractivity contribution in [1.29, 1.82) is 0 Å². The van der Waals surface area contributed by atoms with Gasteiger partial charge in [-0.1, -0.05) is 23.2 Å². The molecule has 0 atom stereocenters. The van der Waals surface area contributed by atoms with Gasteiger partial charge in [-0.3, -0.25) is 4.79 Å². The van der Waals surface area contributed by atoms with Crippen molar-refractivity contribution in [2.45, 2.75) is 25.8 Å². The molecule has 0 bridgehead atoms. The van der Waals surface area contributed by atoms with Crippen LogP contribution in [0.1, 0.15) is 29.4 Å². The van der Waals surface area contributed by atoms with Gasteiger partial charge in [0.25, 0.3) is 0 Å². The largest absolute Gasteiger partial charge is 0.397 e. The Bertz CT molecular complexity index is 1030. The molecule has 1 saturated carbocycles. The Morgan fingerprint density at radius 3 is 2.69 bits per heavy atom. The highest BCUT2D eigenvalue weighted by molar-refractivity contribution is 7.21. The summed E-state index contributed by atoms with van der Waals surface area (Å²) < 4.78 is 0. The van der Waals surface area contributed by atoms with E-state index in [9.17, 15) is 4.79 Å². The van der Waals surface area contributed by atoms with Gasteiger partial charge in [-0.05, 0) is 31.0 Å². The first-order valence-corrected chi connectivity index (χ1v) is 9.59. The standard InChI is InChI=1S/C17H15Cl2N5OS/c1-7(25)14-13(20)12-15(21-9-4-5-10(18)11(19)6-9)23-17(22-8-2-3-8)24-16(12)26-14/h4-6,8H,2-3,20H2,1H3,(H2,21,22,23,24). The number of ketones is 1. The lowest BCUT2D eigenvalue weighted by Crippen LogP contribution is -2.07. The summed E-state index contributed by atoms with van der Waals surface area (Å²) in [6.07, 6.45) is 2.20.